The van der Waals surface area contributed by atoms with Gasteiger partial charge in [0, 0.05) is 28.1 Å². The van der Waals surface area contributed by atoms with Crippen molar-refractivity contribution in [2.45, 2.75) is 29.6 Å². The van der Waals surface area contributed by atoms with Gasteiger partial charge in [0.1, 0.15) is 0 Å². The molecule has 0 unspecified atom stereocenters. The highest BCUT2D eigenvalue weighted by Gasteiger charge is 2.36. The van der Waals surface area contributed by atoms with Crippen LogP contribution in [0.25, 0.3) is 0 Å². The summed E-state index contributed by atoms with van der Waals surface area (Å²) in [7, 11) is -3.80. The molecule has 2 aromatic rings. The van der Waals surface area contributed by atoms with Gasteiger partial charge in [0.05, 0.1) is 16.3 Å². The third-order valence-electron chi connectivity index (χ3n) is 4.74. The monoisotopic (exact) mass is 422 g/mol. The van der Waals surface area contributed by atoms with Crippen LogP contribution in [-0.4, -0.2) is 26.6 Å². The summed E-state index contributed by atoms with van der Waals surface area (Å²) < 4.78 is 28.4. The molecule has 2 aliphatic rings. The van der Waals surface area contributed by atoms with Crippen LogP contribution in [0.2, 0.25) is 5.02 Å². The normalized spacial score (nSPS) is 16.7. The number of sulfonamides is 1. The number of nitrogens with zero attached hydrogens (tertiary/aromatic N) is 1. The van der Waals surface area contributed by atoms with Crippen molar-refractivity contribution in [2.75, 3.05) is 21.9 Å². The summed E-state index contributed by atoms with van der Waals surface area (Å²) in [4.78, 5) is 15.4. The molecule has 27 heavy (non-hydrogen) atoms. The van der Waals surface area contributed by atoms with Crippen molar-refractivity contribution in [3.63, 3.8) is 0 Å². The number of anilines is 2. The minimum absolute atomic E-state index is 0.0912. The number of aryl methyl sites for hydroxylation is 1. The predicted octanol–water partition coefficient (Wildman–Crippen LogP) is 4.30. The van der Waals surface area contributed by atoms with Gasteiger partial charge in [0.15, 0.2) is 0 Å². The molecule has 2 aromatic carbocycles. The van der Waals surface area contributed by atoms with E-state index < -0.39 is 10.0 Å². The highest BCUT2D eigenvalue weighted by molar-refractivity contribution is 7.99. The maximum atomic E-state index is 12.9. The molecule has 0 saturated heterocycles. The first kappa shape index (κ1) is 18.7. The first-order chi connectivity index (χ1) is 12.8. The summed E-state index contributed by atoms with van der Waals surface area (Å²) in [6.07, 6.45) is 1.84. The summed E-state index contributed by atoms with van der Waals surface area (Å²) in [5.41, 5.74) is 1.91. The van der Waals surface area contributed by atoms with Gasteiger partial charge in [0.2, 0.25) is 5.91 Å². The van der Waals surface area contributed by atoms with E-state index in [4.69, 9.17) is 11.6 Å². The zero-order valence-electron chi connectivity index (χ0n) is 14.7. The summed E-state index contributed by atoms with van der Waals surface area (Å²) in [6, 6.07) is 10.0. The second-order valence-corrected chi connectivity index (χ2v) is 10.1. The van der Waals surface area contributed by atoms with Crippen molar-refractivity contribution in [3.05, 3.63) is 47.0 Å². The topological polar surface area (TPSA) is 66.5 Å². The van der Waals surface area contributed by atoms with Crippen LogP contribution in [0.4, 0.5) is 11.4 Å². The first-order valence-corrected chi connectivity index (χ1v) is 11.6. The molecule has 8 heteroatoms. The van der Waals surface area contributed by atoms with Crippen molar-refractivity contribution in [3.8, 4) is 0 Å². The number of rotatable bonds is 4. The maximum absolute atomic E-state index is 12.9. The molecule has 1 aliphatic heterocycles. The van der Waals surface area contributed by atoms with E-state index in [1.165, 1.54) is 0 Å². The van der Waals surface area contributed by atoms with Crippen molar-refractivity contribution in [1.82, 2.24) is 0 Å². The third-order valence-corrected chi connectivity index (χ3v) is 7.38. The quantitative estimate of drug-likeness (QED) is 0.797. The Balaban J connectivity index is 1.68. The Bertz CT molecular complexity index is 1020. The van der Waals surface area contributed by atoms with Crippen LogP contribution >= 0.6 is 23.4 Å². The molecular formula is C19H19ClN2O3S2. The lowest BCUT2D eigenvalue weighted by Gasteiger charge is -2.29. The minimum Gasteiger partial charge on any atom is -0.310 e. The molecule has 1 saturated carbocycles. The first-order valence-electron chi connectivity index (χ1n) is 8.72. The zero-order valence-corrected chi connectivity index (χ0v) is 17.1. The number of hydrogen-bond donors (Lipinski definition) is 1. The lowest BCUT2D eigenvalue weighted by Crippen LogP contribution is -2.36. The van der Waals surface area contributed by atoms with Gasteiger partial charge in [-0.1, -0.05) is 17.7 Å². The van der Waals surface area contributed by atoms with Gasteiger partial charge in [-0.3, -0.25) is 9.52 Å². The van der Waals surface area contributed by atoms with Crippen molar-refractivity contribution >= 4 is 50.7 Å². The number of carbonyl (C=O) groups is 1. The molecular weight excluding hydrogens is 404 g/mol. The van der Waals surface area contributed by atoms with Crippen LogP contribution in [0.1, 0.15) is 18.4 Å². The van der Waals surface area contributed by atoms with Gasteiger partial charge in [-0.2, -0.15) is 0 Å². The maximum Gasteiger partial charge on any atom is 0.261 e. The molecule has 1 amide bonds. The average Bonchev–Trinajstić information content (AvgIpc) is 3.48. The van der Waals surface area contributed by atoms with E-state index in [9.17, 15) is 13.2 Å². The van der Waals surface area contributed by atoms with Crippen molar-refractivity contribution in [1.29, 1.82) is 0 Å². The number of carbonyl (C=O) groups excluding carboxylic acids is 1. The Hall–Kier alpha value is -1.70. The molecule has 0 bridgehead atoms. The van der Waals surface area contributed by atoms with E-state index in [-0.39, 0.29) is 16.7 Å². The van der Waals surface area contributed by atoms with Gasteiger partial charge in [-0.25, -0.2) is 8.42 Å². The third kappa shape index (κ3) is 3.81. The fourth-order valence-electron chi connectivity index (χ4n) is 3.05. The lowest BCUT2D eigenvalue weighted by atomic mass is 10.2. The number of benzene rings is 2. The number of nitrogens with one attached hydrogen (secondary N) is 1. The Kier molecular flexibility index (Phi) is 4.86. The molecule has 1 fully saturated rings. The Morgan fingerprint density at radius 2 is 2.00 bits per heavy atom. The number of thioether (sulfide) groups is 1. The molecule has 142 valence electrons. The standard InChI is InChI=1S/C19H19ClN2O3S2/c1-12-2-5-14(20)10-16(12)21-27(24,25)15-6-7-18-17(11-15)22(8-9-26-18)19(23)13-3-4-13/h2,5-7,10-11,13,21H,3-4,8-9H2,1H3. The molecule has 4 rings (SSSR count). The van der Waals surface area contributed by atoms with E-state index in [1.54, 1.807) is 53.1 Å². The molecule has 1 aliphatic carbocycles. The van der Waals surface area contributed by atoms with Crippen LogP contribution in [0.15, 0.2) is 46.2 Å². The Morgan fingerprint density at radius 1 is 1.22 bits per heavy atom. The largest absolute Gasteiger partial charge is 0.310 e. The predicted molar refractivity (Wildman–Crippen MR) is 109 cm³/mol. The highest BCUT2D eigenvalue weighted by Crippen LogP contribution is 2.40. The summed E-state index contributed by atoms with van der Waals surface area (Å²) >= 11 is 7.64. The van der Waals surface area contributed by atoms with Crippen LogP contribution < -0.4 is 9.62 Å². The van der Waals surface area contributed by atoms with Gasteiger partial charge in [-0.05, 0) is 55.7 Å². The SMILES string of the molecule is Cc1ccc(Cl)cc1NS(=O)(=O)c1ccc2c(c1)N(C(=O)C1CC1)CCS2. The van der Waals surface area contributed by atoms with E-state index in [2.05, 4.69) is 4.72 Å². The van der Waals surface area contributed by atoms with E-state index >= 15 is 0 Å². The zero-order chi connectivity index (χ0) is 19.2. The second kappa shape index (κ2) is 7.04. The number of hydrogen-bond acceptors (Lipinski definition) is 4. The Labute approximate surface area is 168 Å². The van der Waals surface area contributed by atoms with Crippen LogP contribution in [-0.2, 0) is 14.8 Å². The molecule has 0 radical (unpaired) electrons. The highest BCUT2D eigenvalue weighted by atomic mass is 35.5. The molecule has 0 aromatic heterocycles. The fraction of sp³-hybridized carbons (Fsp3) is 0.316. The average molecular weight is 423 g/mol. The van der Waals surface area contributed by atoms with E-state index in [0.717, 1.165) is 29.1 Å². The molecule has 0 spiro atoms. The van der Waals surface area contributed by atoms with Crippen LogP contribution in [0.5, 0.6) is 0 Å². The lowest BCUT2D eigenvalue weighted by molar-refractivity contribution is -0.119. The smallest absolute Gasteiger partial charge is 0.261 e. The van der Waals surface area contributed by atoms with Gasteiger partial charge >= 0.3 is 0 Å². The molecule has 0 atom stereocenters. The Morgan fingerprint density at radius 3 is 2.74 bits per heavy atom. The molecule has 5 nitrogen and oxygen atoms in total. The molecule has 1 heterocycles. The summed E-state index contributed by atoms with van der Waals surface area (Å²) in [5.74, 6) is 1.01. The second-order valence-electron chi connectivity index (χ2n) is 6.81. The fourth-order valence-corrected chi connectivity index (χ4v) is 5.34. The summed E-state index contributed by atoms with van der Waals surface area (Å²) in [6.45, 7) is 2.42. The van der Waals surface area contributed by atoms with E-state index in [1.807, 2.05) is 6.92 Å². The van der Waals surface area contributed by atoms with Crippen molar-refractivity contribution < 1.29 is 13.2 Å². The molecule has 1 N–H and O–H groups in total. The summed E-state index contributed by atoms with van der Waals surface area (Å²) in [5, 5.41) is 0.460. The number of amides is 1. The van der Waals surface area contributed by atoms with E-state index in [0.29, 0.717) is 22.9 Å². The number of halogens is 1. The van der Waals surface area contributed by atoms with Crippen LogP contribution in [0, 0.1) is 12.8 Å². The van der Waals surface area contributed by atoms with Crippen LogP contribution in [0.3, 0.4) is 0 Å². The van der Waals surface area contributed by atoms with Crippen molar-refractivity contribution in [2.24, 2.45) is 5.92 Å². The number of fused-ring (bicyclic) bond motifs is 1. The minimum atomic E-state index is -3.80. The van der Waals surface area contributed by atoms with Gasteiger partial charge in [-0.15, -0.1) is 11.8 Å². The van der Waals surface area contributed by atoms with Gasteiger partial charge in [0.25, 0.3) is 10.0 Å². The van der Waals surface area contributed by atoms with Gasteiger partial charge < -0.3 is 4.90 Å².